The molecule has 0 spiro atoms. The van der Waals surface area contributed by atoms with Crippen LogP contribution in [0.15, 0.2) is 29.6 Å². The largest absolute Gasteiger partial charge is 0.458 e. The fourth-order valence-electron chi connectivity index (χ4n) is 2.11. The van der Waals surface area contributed by atoms with Gasteiger partial charge in [0.2, 0.25) is 0 Å². The van der Waals surface area contributed by atoms with Gasteiger partial charge < -0.3 is 9.16 Å². The number of benzene rings is 1. The van der Waals surface area contributed by atoms with Crippen LogP contribution in [0.1, 0.15) is 52.1 Å². The van der Waals surface area contributed by atoms with Gasteiger partial charge in [-0.3, -0.25) is 4.79 Å². The number of carbonyl (C=O) groups excluding carboxylic acids is 1. The topological polar surface area (TPSA) is 48.4 Å². The van der Waals surface area contributed by atoms with E-state index in [4.69, 9.17) is 9.16 Å². The fraction of sp³-hybridized carbons (Fsp3) is 0.545. The van der Waals surface area contributed by atoms with Crippen LogP contribution in [0.3, 0.4) is 0 Å². The molecule has 6 heteroatoms. The first-order valence-electron chi connectivity index (χ1n) is 9.64. The lowest BCUT2D eigenvalue weighted by Gasteiger charge is -2.36. The minimum atomic E-state index is -1.75. The van der Waals surface area contributed by atoms with Gasteiger partial charge in [-0.05, 0) is 44.5 Å². The van der Waals surface area contributed by atoms with E-state index in [1.54, 1.807) is 0 Å². The number of nitrogens with zero attached hydrogens (tertiary/aromatic N) is 1. The maximum absolute atomic E-state index is 11.9. The van der Waals surface area contributed by atoms with Gasteiger partial charge in [-0.15, -0.1) is 11.3 Å². The van der Waals surface area contributed by atoms with Crippen molar-refractivity contribution in [3.05, 3.63) is 40.2 Å². The number of hydrogen-bond donors (Lipinski definition) is 0. The van der Waals surface area contributed by atoms with Gasteiger partial charge in [-0.1, -0.05) is 45.0 Å². The van der Waals surface area contributed by atoms with Crippen molar-refractivity contribution in [2.75, 3.05) is 0 Å². The quantitative estimate of drug-likeness (QED) is 0.400. The molecule has 28 heavy (non-hydrogen) atoms. The molecule has 0 aliphatic carbocycles. The third-order valence-corrected chi connectivity index (χ3v) is 10.4. The van der Waals surface area contributed by atoms with Crippen molar-refractivity contribution >= 4 is 25.6 Å². The van der Waals surface area contributed by atoms with Crippen LogP contribution >= 0.6 is 11.3 Å². The Morgan fingerprint density at radius 3 is 2.18 bits per heavy atom. The summed E-state index contributed by atoms with van der Waals surface area (Å²) >= 11 is 1.51. The second kappa shape index (κ2) is 8.47. The van der Waals surface area contributed by atoms with E-state index < -0.39 is 13.7 Å². The lowest BCUT2D eigenvalue weighted by molar-refractivity contribution is -0.154. The molecule has 1 aromatic carbocycles. The second-order valence-electron chi connectivity index (χ2n) is 9.70. The highest BCUT2D eigenvalue weighted by molar-refractivity contribution is 7.09. The molecule has 0 atom stereocenters. The Hall–Kier alpha value is -1.50. The lowest BCUT2D eigenvalue weighted by Crippen LogP contribution is -2.40. The number of rotatable bonds is 6. The Kier molecular flexibility index (Phi) is 6.89. The van der Waals surface area contributed by atoms with Gasteiger partial charge in [0, 0.05) is 10.9 Å². The second-order valence-corrected chi connectivity index (χ2v) is 15.5. The third kappa shape index (κ3) is 6.00. The zero-order chi connectivity index (χ0) is 21.2. The van der Waals surface area contributed by atoms with Crippen molar-refractivity contribution in [1.82, 2.24) is 4.98 Å². The lowest BCUT2D eigenvalue weighted by atomic mass is 9.97. The fourth-order valence-corrected chi connectivity index (χ4v) is 3.78. The van der Waals surface area contributed by atoms with E-state index in [2.05, 4.69) is 63.1 Å². The summed E-state index contributed by atoms with van der Waals surface area (Å²) in [6, 6.07) is 8.34. The molecule has 0 bridgehead atoms. The van der Waals surface area contributed by atoms with Crippen LogP contribution in [0.25, 0.3) is 11.3 Å². The summed E-state index contributed by atoms with van der Waals surface area (Å²) in [6.07, 6.45) is 0. The molecule has 0 aliphatic rings. The molecule has 0 aliphatic heterocycles. The van der Waals surface area contributed by atoms with E-state index in [1.165, 1.54) is 16.9 Å². The molecule has 2 aromatic rings. The molecule has 0 saturated heterocycles. The SMILES string of the molecule is CC(C)(C)C(=O)OCc1nc(-c2ccc(CO[Si](C)(C)C(C)(C)C)cc2)cs1. The van der Waals surface area contributed by atoms with Crippen LogP contribution in [0.4, 0.5) is 0 Å². The number of esters is 1. The standard InChI is InChI=1S/C22H33NO3SSi/c1-21(2,3)20(24)25-14-19-23-18(15-27-19)17-11-9-16(10-12-17)13-26-28(7,8)22(4,5)6/h9-12,15H,13-14H2,1-8H3. The Balaban J connectivity index is 1.97. The van der Waals surface area contributed by atoms with Crippen LogP contribution in [-0.2, 0) is 27.2 Å². The first-order valence-corrected chi connectivity index (χ1v) is 13.4. The monoisotopic (exact) mass is 419 g/mol. The molecule has 1 heterocycles. The van der Waals surface area contributed by atoms with Crippen LogP contribution in [0, 0.1) is 5.41 Å². The van der Waals surface area contributed by atoms with Gasteiger partial charge in [0.15, 0.2) is 8.32 Å². The Labute approximate surface area is 174 Å². The number of hydrogen-bond acceptors (Lipinski definition) is 5. The van der Waals surface area contributed by atoms with Gasteiger partial charge in [0.25, 0.3) is 0 Å². The predicted octanol–water partition coefficient (Wildman–Crippen LogP) is 6.42. The highest BCUT2D eigenvalue weighted by atomic mass is 32.1. The summed E-state index contributed by atoms with van der Waals surface area (Å²) in [5, 5.41) is 3.01. The van der Waals surface area contributed by atoms with E-state index in [-0.39, 0.29) is 17.6 Å². The van der Waals surface area contributed by atoms with Crippen molar-refractivity contribution in [1.29, 1.82) is 0 Å². The molecule has 0 unspecified atom stereocenters. The number of ether oxygens (including phenoxy) is 1. The summed E-state index contributed by atoms with van der Waals surface area (Å²) in [7, 11) is -1.75. The van der Waals surface area contributed by atoms with Crippen molar-refractivity contribution in [2.24, 2.45) is 5.41 Å². The molecule has 0 fully saturated rings. The van der Waals surface area contributed by atoms with Gasteiger partial charge in [0.1, 0.15) is 11.6 Å². The van der Waals surface area contributed by atoms with Gasteiger partial charge in [-0.2, -0.15) is 0 Å². The highest BCUT2D eigenvalue weighted by Gasteiger charge is 2.37. The molecule has 0 radical (unpaired) electrons. The maximum Gasteiger partial charge on any atom is 0.311 e. The molecular weight excluding hydrogens is 386 g/mol. The first-order chi connectivity index (χ1) is 12.8. The predicted molar refractivity (Wildman–Crippen MR) is 119 cm³/mol. The van der Waals surface area contributed by atoms with Crippen molar-refractivity contribution in [3.63, 3.8) is 0 Å². The zero-order valence-corrected chi connectivity index (χ0v) is 20.2. The third-order valence-electron chi connectivity index (χ3n) is 5.15. The number of carbonyl (C=O) groups is 1. The Bertz CT molecular complexity index is 798. The summed E-state index contributed by atoms with van der Waals surface area (Å²) < 4.78 is 11.6. The smallest absolute Gasteiger partial charge is 0.311 e. The van der Waals surface area contributed by atoms with Crippen LogP contribution in [0.5, 0.6) is 0 Å². The average molecular weight is 420 g/mol. The molecule has 2 rings (SSSR count). The van der Waals surface area contributed by atoms with E-state index in [0.717, 1.165) is 16.3 Å². The summed E-state index contributed by atoms with van der Waals surface area (Å²) in [6.45, 7) is 17.7. The average Bonchev–Trinajstić information content (AvgIpc) is 3.05. The van der Waals surface area contributed by atoms with Crippen molar-refractivity contribution < 1.29 is 14.0 Å². The molecule has 0 saturated carbocycles. The zero-order valence-electron chi connectivity index (χ0n) is 18.4. The highest BCUT2D eigenvalue weighted by Crippen LogP contribution is 2.37. The molecule has 0 N–H and O–H groups in total. The molecular formula is C22H33NO3SSi. The van der Waals surface area contributed by atoms with Crippen LogP contribution in [-0.4, -0.2) is 19.3 Å². The van der Waals surface area contributed by atoms with E-state index in [0.29, 0.717) is 6.61 Å². The van der Waals surface area contributed by atoms with Crippen molar-refractivity contribution in [2.45, 2.75) is 72.9 Å². The van der Waals surface area contributed by atoms with Crippen molar-refractivity contribution in [3.8, 4) is 11.3 Å². The van der Waals surface area contributed by atoms with E-state index in [1.807, 2.05) is 26.2 Å². The minimum absolute atomic E-state index is 0.209. The Morgan fingerprint density at radius 1 is 1.04 bits per heavy atom. The van der Waals surface area contributed by atoms with E-state index in [9.17, 15) is 4.79 Å². The Morgan fingerprint density at radius 2 is 1.64 bits per heavy atom. The molecule has 0 amide bonds. The number of aromatic nitrogens is 1. The van der Waals surface area contributed by atoms with Crippen LogP contribution in [0.2, 0.25) is 18.1 Å². The van der Waals surface area contributed by atoms with Gasteiger partial charge >= 0.3 is 5.97 Å². The summed E-state index contributed by atoms with van der Waals surface area (Å²) in [4.78, 5) is 16.5. The molecule has 154 valence electrons. The maximum atomic E-state index is 11.9. The first kappa shape index (κ1) is 22.8. The van der Waals surface area contributed by atoms with Crippen LogP contribution < -0.4 is 0 Å². The minimum Gasteiger partial charge on any atom is -0.458 e. The summed E-state index contributed by atoms with van der Waals surface area (Å²) in [5.74, 6) is -0.213. The summed E-state index contributed by atoms with van der Waals surface area (Å²) in [5.41, 5.74) is 2.63. The molecule has 1 aromatic heterocycles. The normalized spacial score (nSPS) is 12.9. The van der Waals surface area contributed by atoms with Gasteiger partial charge in [-0.25, -0.2) is 4.98 Å². The van der Waals surface area contributed by atoms with Gasteiger partial charge in [0.05, 0.1) is 17.7 Å². The molecule has 4 nitrogen and oxygen atoms in total. The number of thiazole rings is 1. The van der Waals surface area contributed by atoms with E-state index >= 15 is 0 Å².